The van der Waals surface area contributed by atoms with Crippen molar-refractivity contribution in [2.45, 2.75) is 56.5 Å². The van der Waals surface area contributed by atoms with Gasteiger partial charge in [0.2, 0.25) is 0 Å². The van der Waals surface area contributed by atoms with Crippen LogP contribution in [0.4, 0.5) is 0 Å². The Morgan fingerprint density at radius 1 is 0.694 bits per heavy atom. The Balaban J connectivity index is 1.50. The van der Waals surface area contributed by atoms with Crippen molar-refractivity contribution < 1.29 is 9.90 Å². The molecule has 0 aliphatic rings. The van der Waals surface area contributed by atoms with Crippen LogP contribution in [0.15, 0.2) is 96.2 Å². The number of para-hydroxylation sites is 1. The van der Waals surface area contributed by atoms with Gasteiger partial charge < -0.3 is 5.11 Å². The summed E-state index contributed by atoms with van der Waals surface area (Å²) in [5.74, 6) is 0.331. The second kappa shape index (κ2) is 13.7. The highest BCUT2D eigenvalue weighted by atomic mass is 32.2. The molecule has 0 fully saturated rings. The van der Waals surface area contributed by atoms with E-state index in [0.717, 1.165) is 64.8 Å². The van der Waals surface area contributed by atoms with Crippen LogP contribution in [0.2, 0.25) is 0 Å². The predicted octanol–water partition coefficient (Wildman–Crippen LogP) is 8.50. The van der Waals surface area contributed by atoms with Gasteiger partial charge >= 0.3 is 5.97 Å². The fourth-order valence-corrected chi connectivity index (χ4v) is 5.41. The molecule has 3 aromatic carbocycles. The first-order chi connectivity index (χ1) is 17.7. The van der Waals surface area contributed by atoms with Crippen molar-refractivity contribution in [3.63, 3.8) is 0 Å². The Morgan fingerprint density at radius 3 is 1.83 bits per heavy atom. The third-order valence-electron chi connectivity index (χ3n) is 6.22. The summed E-state index contributed by atoms with van der Waals surface area (Å²) in [5, 5.41) is 9.76. The minimum absolute atomic E-state index is 0.292. The van der Waals surface area contributed by atoms with E-state index in [0.29, 0.717) is 6.42 Å². The molecule has 0 aliphatic carbocycles. The largest absolute Gasteiger partial charge is 0.481 e. The number of carbonyl (C=O) groups is 1. The smallest absolute Gasteiger partial charge is 0.303 e. The summed E-state index contributed by atoms with van der Waals surface area (Å²) in [4.78, 5) is 15.8. The summed E-state index contributed by atoms with van der Waals surface area (Å²) in [7, 11) is 0. The molecule has 4 nitrogen and oxygen atoms in total. The van der Waals surface area contributed by atoms with E-state index in [1.807, 2.05) is 17.8 Å². The van der Waals surface area contributed by atoms with E-state index in [2.05, 4.69) is 89.5 Å². The molecule has 1 N–H and O–H groups in total. The maximum absolute atomic E-state index is 10.6. The number of carboxylic acid groups (broad SMARTS) is 1. The molecule has 4 aromatic rings. The minimum atomic E-state index is -0.688. The summed E-state index contributed by atoms with van der Waals surface area (Å²) < 4.78 is 2.31. The lowest BCUT2D eigenvalue weighted by Crippen LogP contribution is -1.99. The van der Waals surface area contributed by atoms with Gasteiger partial charge in [0.05, 0.1) is 11.4 Å². The topological polar surface area (TPSA) is 55.1 Å². The lowest BCUT2D eigenvalue weighted by molar-refractivity contribution is -0.137. The fraction of sp³-hybridized carbons (Fsp3) is 0.290. The number of hydrogen-bond donors (Lipinski definition) is 1. The molecule has 0 bridgehead atoms. The number of aromatic nitrogens is 2. The molecule has 1 heterocycles. The molecule has 4 rings (SSSR count). The Kier molecular flexibility index (Phi) is 9.80. The van der Waals surface area contributed by atoms with Crippen LogP contribution in [-0.2, 0) is 4.79 Å². The van der Waals surface area contributed by atoms with E-state index in [1.54, 1.807) is 0 Å². The number of unbranched alkanes of at least 4 members (excludes halogenated alkanes) is 6. The van der Waals surface area contributed by atoms with Gasteiger partial charge in [-0.25, -0.2) is 4.98 Å². The van der Waals surface area contributed by atoms with Crippen molar-refractivity contribution in [2.24, 2.45) is 0 Å². The summed E-state index contributed by atoms with van der Waals surface area (Å²) in [6.45, 7) is 0. The van der Waals surface area contributed by atoms with Gasteiger partial charge in [0.1, 0.15) is 0 Å². The first kappa shape index (κ1) is 25.8. The second-order valence-corrected chi connectivity index (χ2v) is 10.0. The summed E-state index contributed by atoms with van der Waals surface area (Å²) in [5.41, 5.74) is 5.53. The van der Waals surface area contributed by atoms with Crippen LogP contribution in [0.3, 0.4) is 0 Å². The molecular weight excluding hydrogens is 464 g/mol. The minimum Gasteiger partial charge on any atom is -0.481 e. The number of aliphatic carboxylic acids is 1. The van der Waals surface area contributed by atoms with Crippen LogP contribution in [0.25, 0.3) is 28.2 Å². The monoisotopic (exact) mass is 498 g/mol. The number of carboxylic acids is 1. The van der Waals surface area contributed by atoms with Crippen molar-refractivity contribution in [3.05, 3.63) is 91.0 Å². The molecule has 0 aliphatic heterocycles. The molecule has 0 atom stereocenters. The fourth-order valence-electron chi connectivity index (χ4n) is 4.40. The molecule has 0 spiro atoms. The lowest BCUT2D eigenvalue weighted by Gasteiger charge is -2.13. The molecule has 186 valence electrons. The normalized spacial score (nSPS) is 11.0. The zero-order chi connectivity index (χ0) is 25.0. The summed E-state index contributed by atoms with van der Waals surface area (Å²) >= 11 is 1.83. The number of hydrogen-bond acceptors (Lipinski definition) is 3. The molecule has 0 unspecified atom stereocenters. The van der Waals surface area contributed by atoms with E-state index in [9.17, 15) is 4.79 Å². The number of imidazole rings is 1. The van der Waals surface area contributed by atoms with E-state index < -0.39 is 5.97 Å². The molecular formula is C31H34N2O2S. The van der Waals surface area contributed by atoms with Gasteiger partial charge in [0.25, 0.3) is 0 Å². The van der Waals surface area contributed by atoms with Crippen molar-refractivity contribution >= 4 is 17.7 Å². The summed E-state index contributed by atoms with van der Waals surface area (Å²) in [6.07, 6.45) is 7.93. The Morgan fingerprint density at radius 2 is 1.22 bits per heavy atom. The van der Waals surface area contributed by atoms with Crippen LogP contribution < -0.4 is 0 Å². The van der Waals surface area contributed by atoms with Gasteiger partial charge in [-0.2, -0.15) is 0 Å². The van der Waals surface area contributed by atoms with E-state index >= 15 is 0 Å². The van der Waals surface area contributed by atoms with Crippen LogP contribution in [0, 0.1) is 0 Å². The van der Waals surface area contributed by atoms with Crippen molar-refractivity contribution in [1.82, 2.24) is 9.55 Å². The number of thioether (sulfide) groups is 1. The number of benzene rings is 3. The highest BCUT2D eigenvalue weighted by molar-refractivity contribution is 7.99. The molecule has 0 amide bonds. The van der Waals surface area contributed by atoms with Gasteiger partial charge in [-0.1, -0.05) is 123 Å². The van der Waals surface area contributed by atoms with Gasteiger partial charge in [-0.15, -0.1) is 0 Å². The van der Waals surface area contributed by atoms with E-state index in [-0.39, 0.29) is 0 Å². The van der Waals surface area contributed by atoms with Crippen LogP contribution in [0.5, 0.6) is 0 Å². The van der Waals surface area contributed by atoms with Crippen molar-refractivity contribution in [2.75, 3.05) is 5.75 Å². The highest BCUT2D eigenvalue weighted by Crippen LogP contribution is 2.38. The standard InChI is InChI=1S/C31H34N2O2S/c34-28(35)23-15-4-2-1-3-5-16-24-36-31-32-29(25-17-9-6-10-18-25)30(26-19-11-7-12-20-26)33(31)27-21-13-8-14-22-27/h6-14,17-22H,1-5,15-16,23-24H2,(H,34,35). The second-order valence-electron chi connectivity index (χ2n) is 8.96. The lowest BCUT2D eigenvalue weighted by atomic mass is 10.0. The maximum Gasteiger partial charge on any atom is 0.303 e. The van der Waals surface area contributed by atoms with Crippen molar-refractivity contribution in [3.8, 4) is 28.2 Å². The van der Waals surface area contributed by atoms with Crippen LogP contribution in [-0.4, -0.2) is 26.4 Å². The van der Waals surface area contributed by atoms with Gasteiger partial charge in [0, 0.05) is 29.0 Å². The van der Waals surface area contributed by atoms with Gasteiger partial charge in [-0.3, -0.25) is 9.36 Å². The predicted molar refractivity (Wildman–Crippen MR) is 150 cm³/mol. The van der Waals surface area contributed by atoms with Gasteiger partial charge in [0.15, 0.2) is 5.16 Å². The Labute approximate surface area is 218 Å². The van der Waals surface area contributed by atoms with Crippen LogP contribution in [0.1, 0.15) is 51.4 Å². The first-order valence-corrected chi connectivity index (χ1v) is 13.9. The summed E-state index contributed by atoms with van der Waals surface area (Å²) in [6, 6.07) is 31.5. The van der Waals surface area contributed by atoms with E-state index in [1.165, 1.54) is 19.3 Å². The molecule has 1 aromatic heterocycles. The average Bonchev–Trinajstić information content (AvgIpc) is 3.30. The van der Waals surface area contributed by atoms with E-state index in [4.69, 9.17) is 10.1 Å². The number of rotatable bonds is 14. The zero-order valence-corrected chi connectivity index (χ0v) is 21.5. The SMILES string of the molecule is O=C(O)CCCCCCCCCSc1nc(-c2ccccc2)c(-c2ccccc2)n1-c1ccccc1. The third-order valence-corrected chi connectivity index (χ3v) is 7.25. The molecule has 0 saturated heterocycles. The molecule has 0 saturated carbocycles. The molecule has 5 heteroatoms. The zero-order valence-electron chi connectivity index (χ0n) is 20.7. The average molecular weight is 499 g/mol. The third kappa shape index (κ3) is 7.11. The van der Waals surface area contributed by atoms with Crippen molar-refractivity contribution in [1.29, 1.82) is 0 Å². The maximum atomic E-state index is 10.6. The highest BCUT2D eigenvalue weighted by Gasteiger charge is 2.21. The molecule has 36 heavy (non-hydrogen) atoms. The Bertz CT molecular complexity index is 1210. The number of nitrogens with zero attached hydrogens (tertiary/aromatic N) is 2. The first-order valence-electron chi connectivity index (χ1n) is 12.9. The van der Waals surface area contributed by atoms with Crippen LogP contribution >= 0.6 is 11.8 Å². The van der Waals surface area contributed by atoms with Gasteiger partial charge in [-0.05, 0) is 25.0 Å². The molecule has 0 radical (unpaired) electrons. The Hall–Kier alpha value is -3.31. The quantitative estimate of drug-likeness (QED) is 0.140.